The molecule has 1 heterocycles. The first-order valence-electron chi connectivity index (χ1n) is 6.73. The number of aryl methyl sites for hydroxylation is 1. The van der Waals surface area contributed by atoms with Crippen LogP contribution in [0.1, 0.15) is 31.7 Å². The van der Waals surface area contributed by atoms with Crippen LogP contribution >= 0.6 is 0 Å². The molecule has 0 aromatic heterocycles. The van der Waals surface area contributed by atoms with Crippen LogP contribution < -0.4 is 0 Å². The summed E-state index contributed by atoms with van der Waals surface area (Å²) in [5, 5.41) is 0. The van der Waals surface area contributed by atoms with Crippen molar-refractivity contribution in [2.24, 2.45) is 0 Å². The molecule has 5 heteroatoms. The zero-order chi connectivity index (χ0) is 14.8. The standard InChI is InChI=1S/C15H19NO3S/c1-3-5-13-6-4-7-15(17)16(13)20(18,19)14-10-8-12(2)9-11-14/h3,5,8-11,13H,4,6-7H2,1-2H3/b5-3+. The van der Waals surface area contributed by atoms with Crippen LogP contribution in [0.15, 0.2) is 41.3 Å². The number of benzene rings is 1. The molecule has 0 aliphatic carbocycles. The number of rotatable bonds is 3. The van der Waals surface area contributed by atoms with Crippen molar-refractivity contribution in [1.29, 1.82) is 0 Å². The van der Waals surface area contributed by atoms with E-state index in [0.717, 1.165) is 16.3 Å². The number of piperidine rings is 1. The fourth-order valence-electron chi connectivity index (χ4n) is 2.41. The Morgan fingerprint density at radius 1 is 1.25 bits per heavy atom. The van der Waals surface area contributed by atoms with Gasteiger partial charge in [-0.05, 0) is 38.8 Å². The van der Waals surface area contributed by atoms with Gasteiger partial charge in [0.2, 0.25) is 5.91 Å². The van der Waals surface area contributed by atoms with E-state index in [1.807, 2.05) is 13.8 Å². The first kappa shape index (κ1) is 14.8. The Kier molecular flexibility index (Phi) is 4.28. The minimum absolute atomic E-state index is 0.174. The van der Waals surface area contributed by atoms with Crippen molar-refractivity contribution in [2.45, 2.75) is 44.0 Å². The Labute approximate surface area is 120 Å². The van der Waals surface area contributed by atoms with Crippen molar-refractivity contribution in [3.63, 3.8) is 0 Å². The number of sulfonamides is 1. The van der Waals surface area contributed by atoms with Crippen LogP contribution in [0.25, 0.3) is 0 Å². The molecule has 4 nitrogen and oxygen atoms in total. The second-order valence-electron chi connectivity index (χ2n) is 4.99. The predicted molar refractivity (Wildman–Crippen MR) is 77.7 cm³/mol. The molecule has 1 amide bonds. The van der Waals surface area contributed by atoms with Crippen molar-refractivity contribution in [3.05, 3.63) is 42.0 Å². The van der Waals surface area contributed by atoms with E-state index < -0.39 is 10.0 Å². The SMILES string of the molecule is C/C=C/C1CCCC(=O)N1S(=O)(=O)c1ccc(C)cc1. The molecule has 2 rings (SSSR count). The lowest BCUT2D eigenvalue weighted by molar-refractivity contribution is -0.129. The van der Waals surface area contributed by atoms with E-state index in [0.29, 0.717) is 12.8 Å². The predicted octanol–water partition coefficient (Wildman–Crippen LogP) is 2.64. The summed E-state index contributed by atoms with van der Waals surface area (Å²) < 4.78 is 26.4. The highest BCUT2D eigenvalue weighted by molar-refractivity contribution is 7.89. The zero-order valence-electron chi connectivity index (χ0n) is 11.7. The van der Waals surface area contributed by atoms with Gasteiger partial charge >= 0.3 is 0 Å². The highest BCUT2D eigenvalue weighted by atomic mass is 32.2. The number of hydrogen-bond donors (Lipinski definition) is 0. The Morgan fingerprint density at radius 3 is 2.50 bits per heavy atom. The first-order chi connectivity index (χ1) is 9.46. The molecule has 1 unspecified atom stereocenters. The third-order valence-electron chi connectivity index (χ3n) is 3.43. The second-order valence-corrected chi connectivity index (χ2v) is 6.81. The van der Waals surface area contributed by atoms with Gasteiger partial charge in [-0.2, -0.15) is 0 Å². The Morgan fingerprint density at radius 2 is 1.90 bits per heavy atom. The molecular weight excluding hydrogens is 274 g/mol. The van der Waals surface area contributed by atoms with E-state index >= 15 is 0 Å². The topological polar surface area (TPSA) is 54.5 Å². The summed E-state index contributed by atoms with van der Waals surface area (Å²) in [7, 11) is -3.77. The quantitative estimate of drug-likeness (QED) is 0.805. The van der Waals surface area contributed by atoms with Gasteiger partial charge in [0.05, 0.1) is 10.9 Å². The van der Waals surface area contributed by atoms with Gasteiger partial charge in [-0.1, -0.05) is 29.8 Å². The van der Waals surface area contributed by atoms with E-state index in [9.17, 15) is 13.2 Å². The number of hydrogen-bond acceptors (Lipinski definition) is 3. The molecule has 1 atom stereocenters. The average molecular weight is 293 g/mol. The van der Waals surface area contributed by atoms with Crippen molar-refractivity contribution < 1.29 is 13.2 Å². The lowest BCUT2D eigenvalue weighted by Crippen LogP contribution is -2.46. The maximum atomic E-state index is 12.7. The molecular formula is C15H19NO3S. The van der Waals surface area contributed by atoms with Gasteiger partial charge in [0.1, 0.15) is 0 Å². The summed E-state index contributed by atoms with van der Waals surface area (Å²) in [6, 6.07) is 6.23. The molecule has 1 aliphatic heterocycles. The fraction of sp³-hybridized carbons (Fsp3) is 0.400. The largest absolute Gasteiger partial charge is 0.274 e. The van der Waals surface area contributed by atoms with Crippen LogP contribution in [0.4, 0.5) is 0 Å². The van der Waals surface area contributed by atoms with Gasteiger partial charge in [-0.3, -0.25) is 4.79 Å². The van der Waals surface area contributed by atoms with Crippen LogP contribution in [0.3, 0.4) is 0 Å². The molecule has 0 spiro atoms. The van der Waals surface area contributed by atoms with E-state index in [4.69, 9.17) is 0 Å². The number of carbonyl (C=O) groups excluding carboxylic acids is 1. The maximum Gasteiger partial charge on any atom is 0.267 e. The highest BCUT2D eigenvalue weighted by Gasteiger charge is 2.36. The van der Waals surface area contributed by atoms with Crippen LogP contribution in [0.5, 0.6) is 0 Å². The normalized spacial score (nSPS) is 20.6. The molecule has 1 aromatic rings. The molecule has 0 radical (unpaired) electrons. The highest BCUT2D eigenvalue weighted by Crippen LogP contribution is 2.27. The second kappa shape index (κ2) is 5.79. The Hall–Kier alpha value is -1.62. The maximum absolute atomic E-state index is 12.7. The molecule has 20 heavy (non-hydrogen) atoms. The average Bonchev–Trinajstić information content (AvgIpc) is 2.39. The monoisotopic (exact) mass is 293 g/mol. The summed E-state index contributed by atoms with van der Waals surface area (Å²) in [4.78, 5) is 12.3. The number of amides is 1. The van der Waals surface area contributed by atoms with E-state index in [2.05, 4.69) is 0 Å². The van der Waals surface area contributed by atoms with Gasteiger partial charge < -0.3 is 0 Å². The van der Waals surface area contributed by atoms with Crippen LogP contribution in [-0.4, -0.2) is 24.7 Å². The molecule has 0 N–H and O–H groups in total. The molecule has 0 saturated carbocycles. The smallest absolute Gasteiger partial charge is 0.267 e. The van der Waals surface area contributed by atoms with Gasteiger partial charge in [0, 0.05) is 6.42 Å². The van der Waals surface area contributed by atoms with Crippen LogP contribution in [0.2, 0.25) is 0 Å². The van der Waals surface area contributed by atoms with E-state index in [1.165, 1.54) is 0 Å². The lowest BCUT2D eigenvalue weighted by Gasteiger charge is -2.32. The van der Waals surface area contributed by atoms with Crippen LogP contribution in [-0.2, 0) is 14.8 Å². The zero-order valence-corrected chi connectivity index (χ0v) is 12.6. The van der Waals surface area contributed by atoms with E-state index in [-0.39, 0.29) is 16.8 Å². The summed E-state index contributed by atoms with van der Waals surface area (Å²) in [5.74, 6) is -0.320. The number of allylic oxidation sites excluding steroid dienone is 1. The molecule has 0 bridgehead atoms. The molecule has 1 aliphatic rings. The van der Waals surface area contributed by atoms with Gasteiger partial charge in [-0.25, -0.2) is 12.7 Å². The number of carbonyl (C=O) groups is 1. The van der Waals surface area contributed by atoms with Crippen LogP contribution in [0, 0.1) is 6.92 Å². The van der Waals surface area contributed by atoms with Crippen molar-refractivity contribution >= 4 is 15.9 Å². The minimum atomic E-state index is -3.77. The first-order valence-corrected chi connectivity index (χ1v) is 8.17. The summed E-state index contributed by atoms with van der Waals surface area (Å²) >= 11 is 0. The van der Waals surface area contributed by atoms with Gasteiger partial charge in [0.25, 0.3) is 10.0 Å². The minimum Gasteiger partial charge on any atom is -0.274 e. The summed E-state index contributed by atoms with van der Waals surface area (Å²) in [5.41, 5.74) is 0.985. The third-order valence-corrected chi connectivity index (χ3v) is 5.29. The molecule has 1 aromatic carbocycles. The van der Waals surface area contributed by atoms with E-state index in [1.54, 1.807) is 36.4 Å². The van der Waals surface area contributed by atoms with Crippen molar-refractivity contribution in [3.8, 4) is 0 Å². The van der Waals surface area contributed by atoms with Crippen molar-refractivity contribution in [1.82, 2.24) is 4.31 Å². The van der Waals surface area contributed by atoms with Gasteiger partial charge in [-0.15, -0.1) is 0 Å². The Bertz CT molecular complexity index is 617. The lowest BCUT2D eigenvalue weighted by atomic mass is 10.0. The summed E-state index contributed by atoms with van der Waals surface area (Å²) in [6.45, 7) is 3.72. The van der Waals surface area contributed by atoms with Gasteiger partial charge in [0.15, 0.2) is 0 Å². The molecule has 1 saturated heterocycles. The molecule has 108 valence electrons. The Balaban J connectivity index is 2.44. The fourth-order valence-corrected chi connectivity index (χ4v) is 4.01. The molecule has 1 fully saturated rings. The number of nitrogens with zero attached hydrogens (tertiary/aromatic N) is 1. The van der Waals surface area contributed by atoms with Crippen molar-refractivity contribution in [2.75, 3.05) is 0 Å². The summed E-state index contributed by atoms with van der Waals surface area (Å²) in [6.07, 6.45) is 5.28. The third kappa shape index (κ3) is 2.77.